The second kappa shape index (κ2) is 5.72. The van der Waals surface area contributed by atoms with E-state index in [1.165, 1.54) is 32.7 Å². The summed E-state index contributed by atoms with van der Waals surface area (Å²) in [6.07, 6.45) is 0.862. The van der Waals surface area contributed by atoms with Crippen LogP contribution in [0, 0.1) is 5.41 Å². The van der Waals surface area contributed by atoms with Crippen molar-refractivity contribution in [3.63, 3.8) is 0 Å². The van der Waals surface area contributed by atoms with Crippen LogP contribution in [0.15, 0.2) is 52.3 Å². The van der Waals surface area contributed by atoms with Gasteiger partial charge in [-0.05, 0) is 41.8 Å². The highest BCUT2D eigenvalue weighted by Crippen LogP contribution is 2.46. The van der Waals surface area contributed by atoms with Gasteiger partial charge in [-0.1, -0.05) is 53.3 Å². The van der Waals surface area contributed by atoms with Gasteiger partial charge in [0.1, 0.15) is 0 Å². The Kier molecular flexibility index (Phi) is 3.96. The van der Waals surface area contributed by atoms with Crippen molar-refractivity contribution in [3.8, 4) is 0 Å². The topological polar surface area (TPSA) is 49.9 Å². The van der Waals surface area contributed by atoms with Gasteiger partial charge in [0, 0.05) is 20.1 Å². The summed E-state index contributed by atoms with van der Waals surface area (Å²) in [5, 5.41) is 8.59. The molecule has 1 aliphatic rings. The van der Waals surface area contributed by atoms with Gasteiger partial charge in [-0.25, -0.2) is 0 Å². The van der Waals surface area contributed by atoms with Crippen molar-refractivity contribution in [2.45, 2.75) is 21.5 Å². The molecule has 0 saturated heterocycles. The molecule has 0 radical (unpaired) electrons. The lowest BCUT2D eigenvalue weighted by Gasteiger charge is -2.16. The first-order valence-electron chi connectivity index (χ1n) is 6.19. The molecule has 1 unspecified atom stereocenters. The maximum Gasteiger partial charge on any atom is 0.151 e. The van der Waals surface area contributed by atoms with Crippen molar-refractivity contribution in [3.05, 3.63) is 58.6 Å². The van der Waals surface area contributed by atoms with E-state index in [1.54, 1.807) is 11.8 Å². The molecule has 102 valence electrons. The predicted octanol–water partition coefficient (Wildman–Crippen LogP) is 4.72. The molecule has 0 saturated carbocycles. The fourth-order valence-electron chi connectivity index (χ4n) is 2.32. The van der Waals surface area contributed by atoms with Gasteiger partial charge in [0.05, 0.1) is 0 Å². The first-order valence-corrected chi connectivity index (χ1v) is 8.27. The van der Waals surface area contributed by atoms with Crippen LogP contribution in [-0.2, 0) is 6.42 Å². The van der Waals surface area contributed by atoms with Gasteiger partial charge in [0.25, 0.3) is 0 Å². The molecule has 5 heteroatoms. The first kappa shape index (κ1) is 13.9. The fourth-order valence-corrected chi connectivity index (χ4v) is 4.59. The van der Waals surface area contributed by atoms with Crippen molar-refractivity contribution in [2.24, 2.45) is 5.73 Å². The standard InChI is InChI=1S/C15H13ClN2S2/c16-10-5-6-13-11(8-10)14(20-15(17)18)7-9-3-1-2-4-12(9)19-13/h1-6,8,14H,7H2,(H3,17,18). The summed E-state index contributed by atoms with van der Waals surface area (Å²) in [6, 6.07) is 14.4. The average Bonchev–Trinajstić information content (AvgIpc) is 2.55. The van der Waals surface area contributed by atoms with Crippen molar-refractivity contribution in [2.75, 3.05) is 0 Å². The maximum atomic E-state index is 7.58. The smallest absolute Gasteiger partial charge is 0.151 e. The molecular weight excluding hydrogens is 308 g/mol. The van der Waals surface area contributed by atoms with Crippen LogP contribution in [0.1, 0.15) is 16.4 Å². The predicted molar refractivity (Wildman–Crippen MR) is 88.0 cm³/mol. The second-order valence-corrected chi connectivity index (χ2v) is 7.33. The zero-order valence-corrected chi connectivity index (χ0v) is 13.0. The number of amidine groups is 1. The normalized spacial score (nSPS) is 16.9. The molecule has 0 aliphatic carbocycles. The molecule has 3 rings (SSSR count). The van der Waals surface area contributed by atoms with Crippen molar-refractivity contribution in [1.29, 1.82) is 5.41 Å². The third kappa shape index (κ3) is 2.82. The van der Waals surface area contributed by atoms with E-state index in [1.807, 2.05) is 12.1 Å². The van der Waals surface area contributed by atoms with E-state index in [9.17, 15) is 0 Å². The monoisotopic (exact) mass is 320 g/mol. The van der Waals surface area contributed by atoms with Gasteiger partial charge in [-0.3, -0.25) is 5.41 Å². The van der Waals surface area contributed by atoms with E-state index in [4.69, 9.17) is 22.7 Å². The largest absolute Gasteiger partial charge is 0.379 e. The lowest BCUT2D eigenvalue weighted by Crippen LogP contribution is -2.09. The van der Waals surface area contributed by atoms with Crippen LogP contribution in [-0.4, -0.2) is 5.17 Å². The fraction of sp³-hybridized carbons (Fsp3) is 0.133. The molecule has 1 atom stereocenters. The number of nitrogens with two attached hydrogens (primary N) is 1. The van der Waals surface area contributed by atoms with Crippen molar-refractivity contribution >= 4 is 40.3 Å². The molecule has 0 spiro atoms. The summed E-state index contributed by atoms with van der Waals surface area (Å²) in [6.45, 7) is 0. The Morgan fingerprint density at radius 1 is 1.25 bits per heavy atom. The molecule has 0 fully saturated rings. The highest BCUT2D eigenvalue weighted by atomic mass is 35.5. The summed E-state index contributed by atoms with van der Waals surface area (Å²) in [5.41, 5.74) is 8.06. The van der Waals surface area contributed by atoms with E-state index in [0.29, 0.717) is 0 Å². The quantitative estimate of drug-likeness (QED) is 0.590. The summed E-state index contributed by atoms with van der Waals surface area (Å²) >= 11 is 9.29. The van der Waals surface area contributed by atoms with Crippen LogP contribution in [0.4, 0.5) is 0 Å². The summed E-state index contributed by atoms with van der Waals surface area (Å²) in [4.78, 5) is 2.46. The molecule has 1 aliphatic heterocycles. The van der Waals surface area contributed by atoms with E-state index in [-0.39, 0.29) is 10.4 Å². The highest BCUT2D eigenvalue weighted by molar-refractivity contribution is 8.13. The zero-order chi connectivity index (χ0) is 14.1. The van der Waals surface area contributed by atoms with Crippen LogP contribution in [0.3, 0.4) is 0 Å². The van der Waals surface area contributed by atoms with E-state index in [0.717, 1.165) is 11.4 Å². The summed E-state index contributed by atoms with van der Waals surface area (Å²) in [5.74, 6) is 0. The van der Waals surface area contributed by atoms with Crippen LogP contribution in [0.25, 0.3) is 0 Å². The lowest BCUT2D eigenvalue weighted by atomic mass is 10.0. The Balaban J connectivity index is 2.11. The van der Waals surface area contributed by atoms with E-state index >= 15 is 0 Å². The summed E-state index contributed by atoms with van der Waals surface area (Å²) in [7, 11) is 0. The molecule has 0 bridgehead atoms. The number of halogens is 1. The second-order valence-electron chi connectivity index (χ2n) is 4.57. The van der Waals surface area contributed by atoms with E-state index in [2.05, 4.69) is 30.3 Å². The Hall–Kier alpha value is -1.10. The lowest BCUT2D eigenvalue weighted by molar-refractivity contribution is 0.906. The Bertz CT molecular complexity index is 673. The van der Waals surface area contributed by atoms with E-state index < -0.39 is 0 Å². The minimum absolute atomic E-state index is 0.136. The van der Waals surface area contributed by atoms with Crippen LogP contribution in [0.2, 0.25) is 5.02 Å². The number of benzene rings is 2. The molecule has 0 aromatic heterocycles. The maximum absolute atomic E-state index is 7.58. The molecule has 0 amide bonds. The molecule has 3 N–H and O–H groups in total. The van der Waals surface area contributed by atoms with Gasteiger partial charge < -0.3 is 5.73 Å². The molecule has 2 aromatic carbocycles. The first-order chi connectivity index (χ1) is 9.63. The molecule has 2 nitrogen and oxygen atoms in total. The van der Waals surface area contributed by atoms with Gasteiger partial charge in [0.2, 0.25) is 0 Å². The highest BCUT2D eigenvalue weighted by Gasteiger charge is 2.24. The Labute approximate surface area is 131 Å². The number of thioether (sulfide) groups is 1. The third-order valence-electron chi connectivity index (χ3n) is 3.19. The number of hydrogen-bond donors (Lipinski definition) is 2. The van der Waals surface area contributed by atoms with Crippen molar-refractivity contribution in [1.82, 2.24) is 0 Å². The van der Waals surface area contributed by atoms with Gasteiger partial charge in [-0.15, -0.1) is 0 Å². The summed E-state index contributed by atoms with van der Waals surface area (Å²) < 4.78 is 0. The number of hydrogen-bond acceptors (Lipinski definition) is 3. The Morgan fingerprint density at radius 2 is 2.05 bits per heavy atom. The zero-order valence-electron chi connectivity index (χ0n) is 10.6. The van der Waals surface area contributed by atoms with Gasteiger partial charge >= 0.3 is 0 Å². The number of nitrogens with one attached hydrogen (secondary N) is 1. The SMILES string of the molecule is N=C(N)SC1Cc2ccccc2Sc2ccc(Cl)cc21. The molecular formula is C15H13ClN2S2. The van der Waals surface area contributed by atoms with Crippen LogP contribution in [0.5, 0.6) is 0 Å². The molecule has 20 heavy (non-hydrogen) atoms. The Morgan fingerprint density at radius 3 is 2.85 bits per heavy atom. The van der Waals surface area contributed by atoms with Crippen molar-refractivity contribution < 1.29 is 0 Å². The average molecular weight is 321 g/mol. The van der Waals surface area contributed by atoms with Crippen LogP contribution >= 0.6 is 35.1 Å². The number of fused-ring (bicyclic) bond motifs is 2. The third-order valence-corrected chi connectivity index (χ3v) is 5.59. The minimum atomic E-state index is 0.136. The van der Waals surface area contributed by atoms with Gasteiger partial charge in [0.15, 0.2) is 5.17 Å². The minimum Gasteiger partial charge on any atom is -0.379 e. The molecule has 2 aromatic rings. The molecule has 1 heterocycles. The van der Waals surface area contributed by atoms with Crippen LogP contribution < -0.4 is 5.73 Å². The number of rotatable bonds is 1. The van der Waals surface area contributed by atoms with Gasteiger partial charge in [-0.2, -0.15) is 0 Å².